The summed E-state index contributed by atoms with van der Waals surface area (Å²) < 4.78 is 6.94. The smallest absolute Gasteiger partial charge is 0.328 e. The van der Waals surface area contributed by atoms with Crippen LogP contribution in [-0.4, -0.2) is 63.8 Å². The number of anilines is 2. The van der Waals surface area contributed by atoms with Gasteiger partial charge in [0, 0.05) is 37.5 Å². The predicted molar refractivity (Wildman–Crippen MR) is 149 cm³/mol. The second-order valence-electron chi connectivity index (χ2n) is 9.38. The molecule has 4 amide bonds. The summed E-state index contributed by atoms with van der Waals surface area (Å²) in [6.45, 7) is 5.15. The summed E-state index contributed by atoms with van der Waals surface area (Å²) >= 11 is 0. The third-order valence-electron chi connectivity index (χ3n) is 6.33. The molecule has 2 aromatic carbocycles. The number of hydrogen-bond donors (Lipinski definition) is 4. The number of carbonyl (C=O) groups is 4. The Kier molecular flexibility index (Phi) is 9.85. The first-order valence-electron chi connectivity index (χ1n) is 12.5. The van der Waals surface area contributed by atoms with Gasteiger partial charge in [0.15, 0.2) is 0 Å². The van der Waals surface area contributed by atoms with Crippen molar-refractivity contribution in [1.82, 2.24) is 20.0 Å². The highest BCUT2D eigenvalue weighted by Gasteiger charge is 2.22. The van der Waals surface area contributed by atoms with Crippen LogP contribution >= 0.6 is 0 Å². The third kappa shape index (κ3) is 7.82. The third-order valence-corrected chi connectivity index (χ3v) is 6.33. The van der Waals surface area contributed by atoms with E-state index in [1.807, 2.05) is 31.2 Å². The average molecular weight is 551 g/mol. The highest BCUT2D eigenvalue weighted by molar-refractivity contribution is 6.01. The summed E-state index contributed by atoms with van der Waals surface area (Å²) in [7, 11) is 3.15. The van der Waals surface area contributed by atoms with Crippen LogP contribution in [0.4, 0.5) is 16.2 Å². The Labute approximate surface area is 232 Å². The van der Waals surface area contributed by atoms with Gasteiger partial charge in [-0.25, -0.2) is 9.59 Å². The number of rotatable bonds is 11. The van der Waals surface area contributed by atoms with Gasteiger partial charge in [-0.2, -0.15) is 5.10 Å². The lowest BCUT2D eigenvalue weighted by atomic mass is 10.1. The summed E-state index contributed by atoms with van der Waals surface area (Å²) in [5.74, 6) is -1.36. The van der Waals surface area contributed by atoms with Crippen molar-refractivity contribution in [2.75, 3.05) is 24.8 Å². The molecule has 0 spiro atoms. The van der Waals surface area contributed by atoms with E-state index in [0.29, 0.717) is 28.4 Å². The van der Waals surface area contributed by atoms with Crippen LogP contribution in [-0.2, 0) is 33.9 Å². The number of aliphatic carboxylic acids is 1. The van der Waals surface area contributed by atoms with Gasteiger partial charge >= 0.3 is 12.0 Å². The van der Waals surface area contributed by atoms with Crippen molar-refractivity contribution in [2.24, 2.45) is 0 Å². The Hall–Kier alpha value is -4.87. The molecule has 1 heterocycles. The van der Waals surface area contributed by atoms with E-state index in [1.165, 1.54) is 18.7 Å². The van der Waals surface area contributed by atoms with Crippen molar-refractivity contribution in [1.29, 1.82) is 0 Å². The number of nitrogens with one attached hydrogen (secondary N) is 3. The summed E-state index contributed by atoms with van der Waals surface area (Å²) in [5, 5.41) is 21.6. The standard InChI is InChI=1S/C28H34N6O6/c1-17-8-6-7-9-22(17)31-28(39)32-23-11-10-20(12-25(23)40-5)13-26(36)33(4)15-21-14-29-34(18(21)2)16-24(27(37)38)30-19(3)35/h6-12,14,24H,13,15-16H2,1-5H3,(H,30,35)(H,37,38)(H2,31,32,39). The molecule has 12 nitrogen and oxygen atoms in total. The Morgan fingerprint density at radius 2 is 1.77 bits per heavy atom. The molecule has 0 saturated heterocycles. The maximum Gasteiger partial charge on any atom is 0.328 e. The van der Waals surface area contributed by atoms with Crippen molar-refractivity contribution in [3.8, 4) is 5.75 Å². The van der Waals surface area contributed by atoms with Crippen molar-refractivity contribution in [3.63, 3.8) is 0 Å². The number of ether oxygens (including phenoxy) is 1. The highest BCUT2D eigenvalue weighted by atomic mass is 16.5. The minimum atomic E-state index is -1.16. The van der Waals surface area contributed by atoms with Gasteiger partial charge in [-0.05, 0) is 43.2 Å². The number of urea groups is 1. The largest absolute Gasteiger partial charge is 0.495 e. The minimum absolute atomic E-state index is 0.0401. The number of methoxy groups -OCH3 is 1. The van der Waals surface area contributed by atoms with Crippen molar-refractivity contribution in [3.05, 3.63) is 71.0 Å². The number of para-hydroxylation sites is 1. The maximum atomic E-state index is 13.0. The Bertz CT molecular complexity index is 1400. The van der Waals surface area contributed by atoms with E-state index in [0.717, 1.165) is 11.1 Å². The molecule has 0 fully saturated rings. The van der Waals surface area contributed by atoms with E-state index in [9.17, 15) is 24.3 Å². The molecule has 212 valence electrons. The van der Waals surface area contributed by atoms with E-state index in [4.69, 9.17) is 4.74 Å². The summed E-state index contributed by atoms with van der Waals surface area (Å²) in [6, 6.07) is 11.0. The first kappa shape index (κ1) is 29.7. The fourth-order valence-corrected chi connectivity index (χ4v) is 4.02. The van der Waals surface area contributed by atoms with Crippen LogP contribution in [0.5, 0.6) is 5.75 Å². The number of carboxylic acid groups (broad SMARTS) is 1. The summed E-state index contributed by atoms with van der Waals surface area (Å²) in [4.78, 5) is 49.8. The van der Waals surface area contributed by atoms with Crippen LogP contribution < -0.4 is 20.7 Å². The molecular formula is C28H34N6O6. The monoisotopic (exact) mass is 550 g/mol. The molecular weight excluding hydrogens is 516 g/mol. The van der Waals surface area contributed by atoms with Crippen LogP contribution in [0.3, 0.4) is 0 Å². The predicted octanol–water partition coefficient (Wildman–Crippen LogP) is 2.94. The topological polar surface area (TPSA) is 155 Å². The zero-order valence-electron chi connectivity index (χ0n) is 23.1. The summed E-state index contributed by atoms with van der Waals surface area (Å²) in [5.41, 5.74) is 4.22. The Morgan fingerprint density at radius 1 is 1.07 bits per heavy atom. The molecule has 0 aliphatic rings. The fraction of sp³-hybridized carbons (Fsp3) is 0.321. The van der Waals surface area contributed by atoms with Gasteiger partial charge in [0.2, 0.25) is 11.8 Å². The van der Waals surface area contributed by atoms with Crippen molar-refractivity contribution < 1.29 is 29.0 Å². The number of benzene rings is 2. The van der Waals surface area contributed by atoms with Crippen LogP contribution in [0.25, 0.3) is 0 Å². The first-order chi connectivity index (χ1) is 19.0. The Morgan fingerprint density at radius 3 is 2.42 bits per heavy atom. The summed E-state index contributed by atoms with van der Waals surface area (Å²) in [6.07, 6.45) is 1.68. The molecule has 40 heavy (non-hydrogen) atoms. The number of likely N-dealkylation sites (N-methyl/N-ethyl adjacent to an activating group) is 1. The molecule has 0 bridgehead atoms. The molecule has 1 unspecified atom stereocenters. The van der Waals surface area contributed by atoms with Crippen molar-refractivity contribution >= 4 is 35.2 Å². The van der Waals surface area contributed by atoms with E-state index in [1.54, 1.807) is 43.3 Å². The van der Waals surface area contributed by atoms with Crippen LogP contribution in [0, 0.1) is 13.8 Å². The van der Waals surface area contributed by atoms with Gasteiger partial charge in [0.05, 0.1) is 32.0 Å². The van der Waals surface area contributed by atoms with E-state index >= 15 is 0 Å². The quantitative estimate of drug-likeness (QED) is 0.286. The molecule has 4 N–H and O–H groups in total. The SMILES string of the molecule is COc1cc(CC(=O)N(C)Cc2cnn(CC(NC(C)=O)C(=O)O)c2C)ccc1NC(=O)Nc1ccccc1C. The second kappa shape index (κ2) is 13.3. The lowest BCUT2D eigenvalue weighted by Crippen LogP contribution is -2.43. The van der Waals surface area contributed by atoms with Gasteiger partial charge in [-0.15, -0.1) is 0 Å². The molecule has 0 aliphatic heterocycles. The van der Waals surface area contributed by atoms with Crippen LogP contribution in [0.2, 0.25) is 0 Å². The van der Waals surface area contributed by atoms with Gasteiger partial charge < -0.3 is 30.7 Å². The van der Waals surface area contributed by atoms with Gasteiger partial charge in [-0.1, -0.05) is 24.3 Å². The zero-order valence-corrected chi connectivity index (χ0v) is 23.1. The molecule has 0 aliphatic carbocycles. The van der Waals surface area contributed by atoms with Gasteiger partial charge in [0.25, 0.3) is 0 Å². The van der Waals surface area contributed by atoms with Crippen LogP contribution in [0.15, 0.2) is 48.7 Å². The lowest BCUT2D eigenvalue weighted by molar-refractivity contribution is -0.142. The van der Waals surface area contributed by atoms with E-state index in [2.05, 4.69) is 21.0 Å². The molecule has 0 radical (unpaired) electrons. The normalized spacial score (nSPS) is 11.3. The number of carboxylic acids is 1. The molecule has 0 saturated carbocycles. The second-order valence-corrected chi connectivity index (χ2v) is 9.38. The molecule has 1 atom stereocenters. The average Bonchev–Trinajstić information content (AvgIpc) is 3.23. The molecule has 3 aromatic rings. The van der Waals surface area contributed by atoms with Crippen LogP contribution in [0.1, 0.15) is 29.3 Å². The number of hydrogen-bond acceptors (Lipinski definition) is 6. The van der Waals surface area contributed by atoms with Gasteiger partial charge in [0.1, 0.15) is 11.8 Å². The Balaban J connectivity index is 1.62. The number of aryl methyl sites for hydroxylation is 1. The number of amides is 4. The molecule has 3 rings (SSSR count). The maximum absolute atomic E-state index is 13.0. The minimum Gasteiger partial charge on any atom is -0.495 e. The molecule has 1 aromatic heterocycles. The number of carbonyl (C=O) groups excluding carboxylic acids is 3. The zero-order chi connectivity index (χ0) is 29.4. The number of aromatic nitrogens is 2. The van der Waals surface area contributed by atoms with E-state index in [-0.39, 0.29) is 25.4 Å². The van der Waals surface area contributed by atoms with Gasteiger partial charge in [-0.3, -0.25) is 14.3 Å². The van der Waals surface area contributed by atoms with E-state index < -0.39 is 23.9 Å². The highest BCUT2D eigenvalue weighted by Crippen LogP contribution is 2.26. The molecule has 12 heteroatoms. The lowest BCUT2D eigenvalue weighted by Gasteiger charge is -2.18. The fourth-order valence-electron chi connectivity index (χ4n) is 4.02. The van der Waals surface area contributed by atoms with Crippen molar-refractivity contribution in [2.45, 2.75) is 46.3 Å². The number of nitrogens with zero attached hydrogens (tertiary/aromatic N) is 3. The first-order valence-corrected chi connectivity index (χ1v) is 12.5.